The molecule has 0 aliphatic rings. The Morgan fingerprint density at radius 1 is 0.850 bits per heavy atom. The molecule has 0 unspecified atom stereocenters. The van der Waals surface area contributed by atoms with E-state index in [9.17, 15) is 20.2 Å². The number of halogens is 1. The first-order chi connectivity index (χ1) is 9.43. The topological polar surface area (TPSA) is 112 Å². The minimum absolute atomic E-state index is 0.484. The lowest BCUT2D eigenvalue weighted by Crippen LogP contribution is -1.95. The Morgan fingerprint density at radius 3 is 1.55 bits per heavy atom. The van der Waals surface area contributed by atoms with Crippen molar-refractivity contribution in [2.75, 3.05) is 5.73 Å². The number of nitro benzene ring substituents is 2. The van der Waals surface area contributed by atoms with Gasteiger partial charge in [0, 0.05) is 12.1 Å². The fraction of sp³-hybridized carbons (Fsp3) is 0. The molecule has 8 heteroatoms. The van der Waals surface area contributed by atoms with Crippen LogP contribution < -0.4 is 5.73 Å². The highest BCUT2D eigenvalue weighted by atomic mass is 35.5. The highest BCUT2D eigenvalue weighted by Crippen LogP contribution is 2.24. The molecule has 0 amide bonds. The Kier molecular flexibility index (Phi) is 5.42. The van der Waals surface area contributed by atoms with Crippen LogP contribution >= 0.6 is 11.6 Å². The molecule has 0 heterocycles. The standard InChI is InChI=1S/C6H6ClN.C6H4N2O4/c7-5-3-1-2-4-6(5)8;9-7(10)5-3-1-2-4-6(5)8(11)12/h1-4H,8H2;1-4H. The van der Waals surface area contributed by atoms with E-state index in [1.54, 1.807) is 12.1 Å². The van der Waals surface area contributed by atoms with Crippen molar-refractivity contribution in [2.24, 2.45) is 0 Å². The van der Waals surface area contributed by atoms with Gasteiger partial charge in [-0.2, -0.15) is 0 Å². The zero-order valence-corrected chi connectivity index (χ0v) is 10.9. The van der Waals surface area contributed by atoms with E-state index in [0.717, 1.165) is 12.1 Å². The van der Waals surface area contributed by atoms with Crippen molar-refractivity contribution in [2.45, 2.75) is 0 Å². The van der Waals surface area contributed by atoms with Crippen LogP contribution in [0.15, 0.2) is 48.5 Å². The van der Waals surface area contributed by atoms with E-state index >= 15 is 0 Å². The van der Waals surface area contributed by atoms with Gasteiger partial charge in [-0.25, -0.2) is 0 Å². The maximum absolute atomic E-state index is 10.2. The number of hydrogen-bond donors (Lipinski definition) is 1. The smallest absolute Gasteiger partial charge is 0.346 e. The summed E-state index contributed by atoms with van der Waals surface area (Å²) in [5, 5.41) is 21.1. The molecular weight excluding hydrogens is 286 g/mol. The second-order valence-electron chi connectivity index (χ2n) is 3.52. The molecule has 20 heavy (non-hydrogen) atoms. The summed E-state index contributed by atoms with van der Waals surface area (Å²) >= 11 is 5.58. The van der Waals surface area contributed by atoms with Crippen molar-refractivity contribution in [3.63, 3.8) is 0 Å². The van der Waals surface area contributed by atoms with Gasteiger partial charge in [0.15, 0.2) is 0 Å². The zero-order chi connectivity index (χ0) is 15.1. The molecule has 2 N–H and O–H groups in total. The van der Waals surface area contributed by atoms with Crippen LogP contribution in [0.4, 0.5) is 17.1 Å². The van der Waals surface area contributed by atoms with Crippen LogP contribution in [0.5, 0.6) is 0 Å². The molecule has 0 aliphatic heterocycles. The normalized spacial score (nSPS) is 9.25. The number of hydrogen-bond acceptors (Lipinski definition) is 5. The summed E-state index contributed by atoms with van der Waals surface area (Å²) in [6, 6.07) is 12.2. The van der Waals surface area contributed by atoms with Gasteiger partial charge in [0.05, 0.1) is 20.6 Å². The molecule has 2 rings (SSSR count). The summed E-state index contributed by atoms with van der Waals surface area (Å²) in [6.07, 6.45) is 0. The third-order valence-electron chi connectivity index (χ3n) is 2.18. The Labute approximate surface area is 118 Å². The Bertz CT molecular complexity index is 580. The number of benzene rings is 2. The largest absolute Gasteiger partial charge is 0.398 e. The lowest BCUT2D eigenvalue weighted by molar-refractivity contribution is -0.422. The van der Waals surface area contributed by atoms with Gasteiger partial charge in [-0.1, -0.05) is 35.9 Å². The molecule has 7 nitrogen and oxygen atoms in total. The zero-order valence-electron chi connectivity index (χ0n) is 10.1. The fourth-order valence-corrected chi connectivity index (χ4v) is 1.38. The SMILES string of the molecule is Nc1ccccc1Cl.O=[N+]([O-])c1ccccc1[N+](=O)[O-]. The van der Waals surface area contributed by atoms with E-state index in [1.807, 2.05) is 12.1 Å². The predicted molar refractivity (Wildman–Crippen MR) is 75.6 cm³/mol. The highest BCUT2D eigenvalue weighted by molar-refractivity contribution is 6.33. The Hall–Kier alpha value is -2.67. The van der Waals surface area contributed by atoms with Gasteiger partial charge in [0.2, 0.25) is 0 Å². The van der Waals surface area contributed by atoms with Gasteiger partial charge < -0.3 is 5.73 Å². The first-order valence-corrected chi connectivity index (χ1v) is 5.69. The van der Waals surface area contributed by atoms with E-state index in [4.69, 9.17) is 17.3 Å². The van der Waals surface area contributed by atoms with Crippen molar-refractivity contribution in [3.8, 4) is 0 Å². The number of para-hydroxylation sites is 3. The van der Waals surface area contributed by atoms with E-state index < -0.39 is 21.2 Å². The molecule has 0 aliphatic carbocycles. The molecule has 0 fully saturated rings. The lowest BCUT2D eigenvalue weighted by Gasteiger charge is -1.91. The average molecular weight is 296 g/mol. The van der Waals surface area contributed by atoms with Gasteiger partial charge in [-0.3, -0.25) is 20.2 Å². The van der Waals surface area contributed by atoms with Crippen LogP contribution in [0.3, 0.4) is 0 Å². The molecule has 2 aromatic carbocycles. The van der Waals surface area contributed by atoms with Crippen LogP contribution in [-0.2, 0) is 0 Å². The van der Waals surface area contributed by atoms with Crippen molar-refractivity contribution < 1.29 is 9.85 Å². The maximum atomic E-state index is 10.2. The summed E-state index contributed by atoms with van der Waals surface area (Å²) in [7, 11) is 0. The van der Waals surface area contributed by atoms with Gasteiger partial charge in [0.1, 0.15) is 0 Å². The number of anilines is 1. The van der Waals surface area contributed by atoms with Gasteiger partial charge >= 0.3 is 11.4 Å². The third kappa shape index (κ3) is 4.21. The second kappa shape index (κ2) is 7.05. The molecule has 0 bridgehead atoms. The summed E-state index contributed by atoms with van der Waals surface area (Å²) in [5.74, 6) is 0. The van der Waals surface area contributed by atoms with E-state index in [2.05, 4.69) is 0 Å². The molecule has 0 spiro atoms. The number of nitro groups is 2. The first kappa shape index (κ1) is 15.4. The maximum Gasteiger partial charge on any atom is 0.346 e. The predicted octanol–water partition coefficient (Wildman–Crippen LogP) is 3.43. The quantitative estimate of drug-likeness (QED) is 0.518. The second-order valence-corrected chi connectivity index (χ2v) is 3.93. The summed E-state index contributed by atoms with van der Waals surface area (Å²) in [4.78, 5) is 18.9. The molecule has 104 valence electrons. The molecular formula is C12H10ClN3O4. The van der Waals surface area contributed by atoms with E-state index in [1.165, 1.54) is 12.1 Å². The van der Waals surface area contributed by atoms with Crippen molar-refractivity contribution >= 4 is 28.7 Å². The summed E-state index contributed by atoms with van der Waals surface area (Å²) in [5.41, 5.74) is 5.05. The summed E-state index contributed by atoms with van der Waals surface area (Å²) in [6.45, 7) is 0. The average Bonchev–Trinajstić information content (AvgIpc) is 2.43. The minimum Gasteiger partial charge on any atom is -0.398 e. The van der Waals surface area contributed by atoms with Crippen molar-refractivity contribution in [1.82, 2.24) is 0 Å². The van der Waals surface area contributed by atoms with E-state index in [0.29, 0.717) is 10.7 Å². The third-order valence-corrected chi connectivity index (χ3v) is 2.52. The number of nitrogens with two attached hydrogens (primary N) is 1. The molecule has 0 saturated heterocycles. The molecule has 0 atom stereocenters. The lowest BCUT2D eigenvalue weighted by atomic mass is 10.3. The van der Waals surface area contributed by atoms with Crippen LogP contribution in [0, 0.1) is 20.2 Å². The molecule has 0 radical (unpaired) electrons. The number of nitrogens with zero attached hydrogens (tertiary/aromatic N) is 2. The molecule has 0 aromatic heterocycles. The van der Waals surface area contributed by atoms with Crippen LogP contribution in [-0.4, -0.2) is 9.85 Å². The van der Waals surface area contributed by atoms with Crippen LogP contribution in [0.1, 0.15) is 0 Å². The van der Waals surface area contributed by atoms with Crippen LogP contribution in [0.25, 0.3) is 0 Å². The van der Waals surface area contributed by atoms with Gasteiger partial charge in [0.25, 0.3) is 0 Å². The monoisotopic (exact) mass is 295 g/mol. The van der Waals surface area contributed by atoms with E-state index in [-0.39, 0.29) is 0 Å². The van der Waals surface area contributed by atoms with Crippen molar-refractivity contribution in [3.05, 3.63) is 73.8 Å². The highest BCUT2D eigenvalue weighted by Gasteiger charge is 2.21. The fourth-order valence-electron chi connectivity index (χ4n) is 1.25. The number of rotatable bonds is 2. The first-order valence-electron chi connectivity index (χ1n) is 5.31. The Morgan fingerprint density at radius 2 is 1.25 bits per heavy atom. The van der Waals surface area contributed by atoms with Gasteiger partial charge in [-0.05, 0) is 12.1 Å². The van der Waals surface area contributed by atoms with Gasteiger partial charge in [-0.15, -0.1) is 0 Å². The minimum atomic E-state index is -0.780. The molecule has 2 aromatic rings. The summed E-state index contributed by atoms with van der Waals surface area (Å²) < 4.78 is 0. The van der Waals surface area contributed by atoms with Crippen molar-refractivity contribution in [1.29, 1.82) is 0 Å². The van der Waals surface area contributed by atoms with Crippen LogP contribution in [0.2, 0.25) is 5.02 Å². The molecule has 0 saturated carbocycles. The number of nitrogen functional groups attached to an aromatic ring is 1. The Balaban J connectivity index is 0.000000217.